The van der Waals surface area contributed by atoms with E-state index in [1.807, 2.05) is 24.3 Å². The fraction of sp³-hybridized carbons (Fsp3) is 0.524. The van der Waals surface area contributed by atoms with Gasteiger partial charge >= 0.3 is 0 Å². The molecule has 2 heterocycles. The summed E-state index contributed by atoms with van der Waals surface area (Å²) in [5, 5.41) is 13.6. The Balaban J connectivity index is 0.00000182. The van der Waals surface area contributed by atoms with Crippen LogP contribution in [0, 0.1) is 11.8 Å². The number of nitrogens with zero attached hydrogens (tertiary/aromatic N) is 1. The number of halogens is 1. The minimum absolute atomic E-state index is 0. The average molecular weight is 378 g/mol. The van der Waals surface area contributed by atoms with Crippen molar-refractivity contribution in [1.82, 2.24) is 4.90 Å². The first-order valence-corrected chi connectivity index (χ1v) is 10.2. The molecule has 3 atom stereocenters. The molecule has 4 rings (SSSR count). The lowest BCUT2D eigenvalue weighted by Crippen LogP contribution is -2.36. The number of likely N-dealkylation sites (tertiary alicyclic amines) is 1. The van der Waals surface area contributed by atoms with Crippen LogP contribution in [0.25, 0.3) is 0 Å². The number of fused-ring (bicyclic) bond motifs is 2. The molecule has 1 saturated heterocycles. The molecule has 0 radical (unpaired) electrons. The van der Waals surface area contributed by atoms with Gasteiger partial charge in [0.1, 0.15) is 5.60 Å². The van der Waals surface area contributed by atoms with Gasteiger partial charge in [0, 0.05) is 18.0 Å². The number of aliphatic hydroxyl groups is 1. The molecule has 2 aliphatic rings. The molecular formula is C21H28ClNOS. The van der Waals surface area contributed by atoms with Gasteiger partial charge in [-0.15, -0.1) is 23.7 Å². The van der Waals surface area contributed by atoms with Crippen LogP contribution < -0.4 is 0 Å². The molecule has 1 aliphatic carbocycles. The van der Waals surface area contributed by atoms with Crippen molar-refractivity contribution in [3.63, 3.8) is 0 Å². The summed E-state index contributed by atoms with van der Waals surface area (Å²) in [5.41, 5.74) is 0.157. The van der Waals surface area contributed by atoms with Gasteiger partial charge in [0.25, 0.3) is 0 Å². The molecule has 2 nitrogen and oxygen atoms in total. The maximum absolute atomic E-state index is 11.6. The highest BCUT2D eigenvalue weighted by molar-refractivity contribution is 7.10. The second kappa shape index (κ2) is 8.22. The fourth-order valence-corrected chi connectivity index (χ4v) is 5.46. The second-order valence-electron chi connectivity index (χ2n) is 7.59. The summed E-state index contributed by atoms with van der Waals surface area (Å²) in [5.74, 6) is 1.86. The van der Waals surface area contributed by atoms with Crippen LogP contribution in [0.1, 0.15) is 42.5 Å². The largest absolute Gasteiger partial charge is 0.379 e. The van der Waals surface area contributed by atoms with Crippen LogP contribution in [0.4, 0.5) is 0 Å². The molecule has 1 aliphatic heterocycles. The first-order valence-electron chi connectivity index (χ1n) is 9.28. The number of rotatable bonds is 5. The average Bonchev–Trinajstić information content (AvgIpc) is 3.25. The topological polar surface area (TPSA) is 23.5 Å². The standard InChI is InChI=1S/C21H27NOS.ClH/c23-21(20-7-4-14-24-20,19-5-2-1-3-6-19)11-13-22-12-10-17-8-9-18(15-17)16-22;/h1-7,14,17-18,23H,8-13,15-16H2;1H. The molecule has 2 bridgehead atoms. The van der Waals surface area contributed by atoms with Crippen LogP contribution in [-0.2, 0) is 5.60 Å². The quantitative estimate of drug-likeness (QED) is 0.799. The van der Waals surface area contributed by atoms with E-state index in [9.17, 15) is 5.11 Å². The first-order chi connectivity index (χ1) is 11.7. The third-order valence-corrected chi connectivity index (χ3v) is 7.01. The van der Waals surface area contributed by atoms with Crippen LogP contribution in [0.3, 0.4) is 0 Å². The van der Waals surface area contributed by atoms with Crippen molar-refractivity contribution in [3.05, 3.63) is 58.3 Å². The highest BCUT2D eigenvalue weighted by Crippen LogP contribution is 2.38. The third kappa shape index (κ3) is 4.11. The number of thiophene rings is 1. The minimum Gasteiger partial charge on any atom is -0.379 e. The maximum atomic E-state index is 11.6. The lowest BCUT2D eigenvalue weighted by molar-refractivity contribution is 0.0587. The van der Waals surface area contributed by atoms with E-state index in [1.54, 1.807) is 11.3 Å². The normalized spacial score (nSPS) is 25.8. The van der Waals surface area contributed by atoms with Crippen LogP contribution in [-0.4, -0.2) is 29.6 Å². The van der Waals surface area contributed by atoms with Gasteiger partial charge in [-0.2, -0.15) is 0 Å². The zero-order valence-electron chi connectivity index (χ0n) is 14.6. The Kier molecular flexibility index (Phi) is 6.21. The van der Waals surface area contributed by atoms with Crippen molar-refractivity contribution >= 4 is 23.7 Å². The van der Waals surface area contributed by atoms with Crippen LogP contribution in [0.5, 0.6) is 0 Å². The molecule has 2 aromatic rings. The monoisotopic (exact) mass is 377 g/mol. The van der Waals surface area contributed by atoms with E-state index in [0.717, 1.165) is 35.2 Å². The Bertz CT molecular complexity index is 647. The van der Waals surface area contributed by atoms with Gasteiger partial charge in [0.15, 0.2) is 0 Å². The van der Waals surface area contributed by atoms with Crippen molar-refractivity contribution in [2.75, 3.05) is 19.6 Å². The third-order valence-electron chi connectivity index (χ3n) is 5.99. The van der Waals surface area contributed by atoms with Crippen molar-refractivity contribution in [2.24, 2.45) is 11.8 Å². The van der Waals surface area contributed by atoms with Gasteiger partial charge < -0.3 is 10.0 Å². The van der Waals surface area contributed by atoms with Crippen molar-refractivity contribution in [3.8, 4) is 0 Å². The van der Waals surface area contributed by atoms with E-state index in [0.29, 0.717) is 0 Å². The van der Waals surface area contributed by atoms with Gasteiger partial charge in [0.2, 0.25) is 0 Å². The highest BCUT2D eigenvalue weighted by Gasteiger charge is 2.35. The summed E-state index contributed by atoms with van der Waals surface area (Å²) in [6.45, 7) is 3.41. The van der Waals surface area contributed by atoms with Gasteiger partial charge in [-0.3, -0.25) is 0 Å². The SMILES string of the molecule is Cl.OC(CCN1CCC2CCC(C2)C1)(c1ccccc1)c1cccs1. The molecule has 0 amide bonds. The van der Waals surface area contributed by atoms with E-state index in [2.05, 4.69) is 28.5 Å². The Morgan fingerprint density at radius 2 is 1.84 bits per heavy atom. The summed E-state index contributed by atoms with van der Waals surface area (Å²) in [6, 6.07) is 14.3. The maximum Gasteiger partial charge on any atom is 0.125 e. The molecule has 3 unspecified atom stereocenters. The Morgan fingerprint density at radius 3 is 2.60 bits per heavy atom. The predicted octanol–water partition coefficient (Wildman–Crippen LogP) is 4.92. The molecule has 1 aromatic carbocycles. The van der Waals surface area contributed by atoms with Gasteiger partial charge in [-0.1, -0.05) is 42.8 Å². The molecule has 0 spiro atoms. The molecule has 1 saturated carbocycles. The zero-order valence-corrected chi connectivity index (χ0v) is 16.3. The van der Waals surface area contributed by atoms with Crippen LogP contribution in [0.15, 0.2) is 47.8 Å². The van der Waals surface area contributed by atoms with E-state index < -0.39 is 5.60 Å². The van der Waals surface area contributed by atoms with Crippen molar-refractivity contribution < 1.29 is 5.11 Å². The zero-order chi connectivity index (χ0) is 16.4. The molecule has 136 valence electrons. The Labute approximate surface area is 161 Å². The summed E-state index contributed by atoms with van der Waals surface area (Å²) in [7, 11) is 0. The van der Waals surface area contributed by atoms with Gasteiger partial charge in [-0.05, 0) is 61.1 Å². The number of hydrogen-bond donors (Lipinski definition) is 1. The van der Waals surface area contributed by atoms with E-state index in [-0.39, 0.29) is 12.4 Å². The van der Waals surface area contributed by atoms with E-state index in [1.165, 1.54) is 38.8 Å². The molecule has 2 fully saturated rings. The lowest BCUT2D eigenvalue weighted by atomic mass is 9.88. The summed E-state index contributed by atoms with van der Waals surface area (Å²) < 4.78 is 0. The number of hydrogen-bond acceptors (Lipinski definition) is 3. The molecule has 4 heteroatoms. The van der Waals surface area contributed by atoms with Gasteiger partial charge in [-0.25, -0.2) is 0 Å². The number of benzene rings is 1. The summed E-state index contributed by atoms with van der Waals surface area (Å²) in [4.78, 5) is 3.66. The smallest absolute Gasteiger partial charge is 0.125 e. The predicted molar refractivity (Wildman–Crippen MR) is 108 cm³/mol. The van der Waals surface area contributed by atoms with Crippen molar-refractivity contribution in [1.29, 1.82) is 0 Å². The van der Waals surface area contributed by atoms with Gasteiger partial charge in [0.05, 0.1) is 0 Å². The lowest BCUT2D eigenvalue weighted by Gasteiger charge is -2.32. The fourth-order valence-electron chi connectivity index (χ4n) is 4.59. The second-order valence-corrected chi connectivity index (χ2v) is 8.54. The summed E-state index contributed by atoms with van der Waals surface area (Å²) >= 11 is 1.66. The molecule has 1 N–H and O–H groups in total. The van der Waals surface area contributed by atoms with Crippen LogP contribution >= 0.6 is 23.7 Å². The van der Waals surface area contributed by atoms with Crippen LogP contribution in [0.2, 0.25) is 0 Å². The van der Waals surface area contributed by atoms with Crippen molar-refractivity contribution in [2.45, 2.75) is 37.7 Å². The van der Waals surface area contributed by atoms with E-state index in [4.69, 9.17) is 0 Å². The van der Waals surface area contributed by atoms with E-state index >= 15 is 0 Å². The highest BCUT2D eigenvalue weighted by atomic mass is 35.5. The Hall–Kier alpha value is -0.870. The molecule has 25 heavy (non-hydrogen) atoms. The molecule has 1 aromatic heterocycles. The molecular weight excluding hydrogens is 350 g/mol. The summed E-state index contributed by atoms with van der Waals surface area (Å²) in [6.07, 6.45) is 6.41. The minimum atomic E-state index is -0.860. The Morgan fingerprint density at radius 1 is 1.04 bits per heavy atom. The first kappa shape index (κ1) is 18.9.